The molecule has 0 heterocycles. The largest absolute Gasteiger partial charge is 0.493 e. The lowest BCUT2D eigenvalue weighted by Gasteiger charge is -2.17. The van der Waals surface area contributed by atoms with E-state index in [1.165, 1.54) is 5.56 Å². The number of methoxy groups -OCH3 is 2. The van der Waals surface area contributed by atoms with Crippen molar-refractivity contribution in [2.75, 3.05) is 47.4 Å². The molecule has 1 aromatic rings. The number of nitrogens with zero attached hydrogens (tertiary/aromatic N) is 1. The Morgan fingerprint density at radius 2 is 1.84 bits per heavy atom. The van der Waals surface area contributed by atoms with Crippen molar-refractivity contribution in [3.8, 4) is 11.5 Å². The number of benzene rings is 1. The molecule has 0 aliphatic carbocycles. The van der Waals surface area contributed by atoms with Gasteiger partial charge < -0.3 is 19.7 Å². The van der Waals surface area contributed by atoms with Gasteiger partial charge in [-0.3, -0.25) is 0 Å². The van der Waals surface area contributed by atoms with Gasteiger partial charge in [-0.1, -0.05) is 13.0 Å². The zero-order chi connectivity index (χ0) is 14.1. The summed E-state index contributed by atoms with van der Waals surface area (Å²) in [5.41, 5.74) is 1.27. The predicted octanol–water partition coefficient (Wildman–Crippen LogP) is 1.79. The summed E-state index contributed by atoms with van der Waals surface area (Å²) in [6.07, 6.45) is 1.02. The summed E-state index contributed by atoms with van der Waals surface area (Å²) in [6.45, 7) is 6.31. The number of hydrogen-bond donors (Lipinski definition) is 1. The fourth-order valence-electron chi connectivity index (χ4n) is 1.91. The number of hydrogen-bond acceptors (Lipinski definition) is 4. The fourth-order valence-corrected chi connectivity index (χ4v) is 1.91. The molecule has 19 heavy (non-hydrogen) atoms. The highest BCUT2D eigenvalue weighted by atomic mass is 16.5. The second-order valence-electron chi connectivity index (χ2n) is 4.60. The van der Waals surface area contributed by atoms with Crippen LogP contribution in [-0.2, 0) is 6.42 Å². The molecule has 0 saturated carbocycles. The van der Waals surface area contributed by atoms with Crippen molar-refractivity contribution in [2.45, 2.75) is 13.3 Å². The smallest absolute Gasteiger partial charge is 0.160 e. The van der Waals surface area contributed by atoms with Gasteiger partial charge in [-0.2, -0.15) is 0 Å². The first-order valence-corrected chi connectivity index (χ1v) is 6.81. The zero-order valence-electron chi connectivity index (χ0n) is 12.5. The Bertz CT molecular complexity index is 369. The van der Waals surface area contributed by atoms with Gasteiger partial charge in [0.15, 0.2) is 11.5 Å². The first kappa shape index (κ1) is 15.8. The summed E-state index contributed by atoms with van der Waals surface area (Å²) >= 11 is 0. The van der Waals surface area contributed by atoms with Crippen LogP contribution >= 0.6 is 0 Å². The van der Waals surface area contributed by atoms with Gasteiger partial charge in [-0.25, -0.2) is 0 Å². The van der Waals surface area contributed by atoms with Crippen molar-refractivity contribution < 1.29 is 9.47 Å². The van der Waals surface area contributed by atoms with Gasteiger partial charge in [-0.05, 0) is 37.7 Å². The molecule has 108 valence electrons. The lowest BCUT2D eigenvalue weighted by atomic mass is 10.1. The molecule has 0 spiro atoms. The summed E-state index contributed by atoms with van der Waals surface area (Å²) < 4.78 is 10.6. The van der Waals surface area contributed by atoms with E-state index in [0.29, 0.717) is 0 Å². The van der Waals surface area contributed by atoms with E-state index in [2.05, 4.69) is 36.3 Å². The van der Waals surface area contributed by atoms with Gasteiger partial charge in [-0.15, -0.1) is 0 Å². The fraction of sp³-hybridized carbons (Fsp3) is 0.600. The van der Waals surface area contributed by atoms with Crippen molar-refractivity contribution >= 4 is 0 Å². The highest BCUT2D eigenvalue weighted by molar-refractivity contribution is 5.42. The molecule has 0 amide bonds. The minimum atomic E-state index is 0.784. The van der Waals surface area contributed by atoms with E-state index in [-0.39, 0.29) is 0 Å². The van der Waals surface area contributed by atoms with Gasteiger partial charge in [0, 0.05) is 19.6 Å². The standard InChI is InChI=1S/C15H26N2O2/c1-5-16-9-11-17(2)10-8-13-6-7-14(18-3)15(12-13)19-4/h6-7,12,16H,5,8-11H2,1-4H3. The molecule has 1 N–H and O–H groups in total. The van der Waals surface area contributed by atoms with Gasteiger partial charge >= 0.3 is 0 Å². The molecule has 0 aliphatic heterocycles. The van der Waals surface area contributed by atoms with Crippen LogP contribution in [-0.4, -0.2) is 52.3 Å². The summed E-state index contributed by atoms with van der Waals surface area (Å²) in [4.78, 5) is 2.33. The maximum atomic E-state index is 5.31. The lowest BCUT2D eigenvalue weighted by Crippen LogP contribution is -2.30. The van der Waals surface area contributed by atoms with E-state index in [1.54, 1.807) is 14.2 Å². The molecule has 1 rings (SSSR count). The number of rotatable bonds is 9. The maximum Gasteiger partial charge on any atom is 0.160 e. The minimum Gasteiger partial charge on any atom is -0.493 e. The molecule has 0 atom stereocenters. The van der Waals surface area contributed by atoms with E-state index in [9.17, 15) is 0 Å². The van der Waals surface area contributed by atoms with E-state index in [4.69, 9.17) is 9.47 Å². The summed E-state index contributed by atoms with van der Waals surface area (Å²) in [6, 6.07) is 6.11. The van der Waals surface area contributed by atoms with E-state index < -0.39 is 0 Å². The van der Waals surface area contributed by atoms with Crippen molar-refractivity contribution in [3.05, 3.63) is 23.8 Å². The van der Waals surface area contributed by atoms with Crippen molar-refractivity contribution in [1.29, 1.82) is 0 Å². The molecular weight excluding hydrogens is 240 g/mol. The molecule has 0 fully saturated rings. The Morgan fingerprint density at radius 3 is 2.47 bits per heavy atom. The molecule has 0 bridgehead atoms. The number of ether oxygens (including phenoxy) is 2. The van der Waals surface area contributed by atoms with Crippen LogP contribution in [0.3, 0.4) is 0 Å². The average Bonchev–Trinajstić information content (AvgIpc) is 2.45. The molecular formula is C15H26N2O2. The van der Waals surface area contributed by atoms with Gasteiger partial charge in [0.25, 0.3) is 0 Å². The first-order chi connectivity index (χ1) is 9.21. The van der Waals surface area contributed by atoms with Crippen LogP contribution in [0.15, 0.2) is 18.2 Å². The molecule has 0 aromatic heterocycles. The molecule has 0 aliphatic rings. The first-order valence-electron chi connectivity index (χ1n) is 6.81. The highest BCUT2D eigenvalue weighted by Gasteiger charge is 2.05. The van der Waals surface area contributed by atoms with Crippen LogP contribution in [0, 0.1) is 0 Å². The Morgan fingerprint density at radius 1 is 1.11 bits per heavy atom. The number of nitrogens with one attached hydrogen (secondary N) is 1. The van der Waals surface area contributed by atoms with E-state index in [1.807, 2.05) is 6.07 Å². The molecule has 1 aromatic carbocycles. The number of likely N-dealkylation sites (N-methyl/N-ethyl adjacent to an activating group) is 2. The van der Waals surface area contributed by atoms with E-state index >= 15 is 0 Å². The van der Waals surface area contributed by atoms with Crippen molar-refractivity contribution in [2.24, 2.45) is 0 Å². The second-order valence-corrected chi connectivity index (χ2v) is 4.60. The third-order valence-electron chi connectivity index (χ3n) is 3.15. The van der Waals surface area contributed by atoms with E-state index in [0.717, 1.165) is 44.1 Å². The third-order valence-corrected chi connectivity index (χ3v) is 3.15. The summed E-state index contributed by atoms with van der Waals surface area (Å²) in [5.74, 6) is 1.59. The SMILES string of the molecule is CCNCCN(C)CCc1ccc(OC)c(OC)c1. The van der Waals surface area contributed by atoms with Crippen LogP contribution in [0.1, 0.15) is 12.5 Å². The predicted molar refractivity (Wildman–Crippen MR) is 79.3 cm³/mol. The highest BCUT2D eigenvalue weighted by Crippen LogP contribution is 2.27. The van der Waals surface area contributed by atoms with Crippen molar-refractivity contribution in [1.82, 2.24) is 10.2 Å². The molecule has 0 unspecified atom stereocenters. The Balaban J connectivity index is 2.44. The van der Waals surface area contributed by atoms with Gasteiger partial charge in [0.05, 0.1) is 14.2 Å². The molecule has 4 heteroatoms. The Labute approximate surface area is 116 Å². The summed E-state index contributed by atoms with van der Waals surface area (Å²) in [5, 5.41) is 3.33. The van der Waals surface area contributed by atoms with Crippen LogP contribution < -0.4 is 14.8 Å². The Hall–Kier alpha value is -1.26. The monoisotopic (exact) mass is 266 g/mol. The normalized spacial score (nSPS) is 10.8. The molecule has 0 radical (unpaired) electrons. The maximum absolute atomic E-state index is 5.31. The van der Waals surface area contributed by atoms with Gasteiger partial charge in [0.1, 0.15) is 0 Å². The van der Waals surface area contributed by atoms with Crippen LogP contribution in [0.2, 0.25) is 0 Å². The summed E-state index contributed by atoms with van der Waals surface area (Å²) in [7, 11) is 5.48. The Kier molecular flexibility index (Phi) is 7.30. The minimum absolute atomic E-state index is 0.784. The van der Waals surface area contributed by atoms with Crippen LogP contribution in [0.25, 0.3) is 0 Å². The third kappa shape index (κ3) is 5.49. The average molecular weight is 266 g/mol. The van der Waals surface area contributed by atoms with Crippen LogP contribution in [0.4, 0.5) is 0 Å². The molecule has 4 nitrogen and oxygen atoms in total. The molecule has 0 saturated heterocycles. The van der Waals surface area contributed by atoms with Crippen LogP contribution in [0.5, 0.6) is 11.5 Å². The second kappa shape index (κ2) is 8.77. The zero-order valence-corrected chi connectivity index (χ0v) is 12.5. The lowest BCUT2D eigenvalue weighted by molar-refractivity contribution is 0.335. The van der Waals surface area contributed by atoms with Gasteiger partial charge in [0.2, 0.25) is 0 Å². The topological polar surface area (TPSA) is 33.7 Å². The van der Waals surface area contributed by atoms with Crippen molar-refractivity contribution in [3.63, 3.8) is 0 Å². The quantitative estimate of drug-likeness (QED) is 0.691.